The van der Waals surface area contributed by atoms with Crippen molar-refractivity contribution in [2.75, 3.05) is 0 Å². The highest BCUT2D eigenvalue weighted by Crippen LogP contribution is 2.13. The zero-order valence-corrected chi connectivity index (χ0v) is 7.78. The summed E-state index contributed by atoms with van der Waals surface area (Å²) in [5.41, 5.74) is 2.03. The average molecular weight is 169 g/mol. The first kappa shape index (κ1) is 10.2. The molecule has 0 aliphatic rings. The zero-order chi connectivity index (χ0) is 8.85. The van der Waals surface area contributed by atoms with Gasteiger partial charge in [0.05, 0.1) is 0 Å². The molecule has 0 aromatic carbocycles. The Hall–Kier alpha value is -0.750. The van der Waals surface area contributed by atoms with E-state index in [1.54, 1.807) is 12.2 Å². The monoisotopic (exact) mass is 168 g/mol. The van der Waals surface area contributed by atoms with Crippen LogP contribution < -0.4 is 0 Å². The van der Waals surface area contributed by atoms with Crippen molar-refractivity contribution in [1.82, 2.24) is 0 Å². The second kappa shape index (κ2) is 4.97. The molecule has 1 heteroatoms. The van der Waals surface area contributed by atoms with Gasteiger partial charge < -0.3 is 0 Å². The number of allylic oxidation sites excluding steroid dienone is 6. The molecule has 0 aliphatic heterocycles. The van der Waals surface area contributed by atoms with Crippen molar-refractivity contribution in [3.05, 3.63) is 47.6 Å². The third-order valence-corrected chi connectivity index (χ3v) is 1.77. The predicted octanol–water partition coefficient (Wildman–Crippen LogP) is 3.82. The molecule has 0 nitrogen and oxygen atoms in total. The summed E-state index contributed by atoms with van der Waals surface area (Å²) < 4.78 is 0. The molecular weight excluding hydrogens is 156 g/mol. The van der Waals surface area contributed by atoms with Gasteiger partial charge in [-0.1, -0.05) is 42.5 Å². The van der Waals surface area contributed by atoms with Gasteiger partial charge in [-0.2, -0.15) is 0 Å². The summed E-state index contributed by atoms with van der Waals surface area (Å²) in [6, 6.07) is 0. The van der Waals surface area contributed by atoms with Gasteiger partial charge in [-0.3, -0.25) is 0 Å². The van der Waals surface area contributed by atoms with Crippen LogP contribution in [0.15, 0.2) is 47.6 Å². The van der Waals surface area contributed by atoms with E-state index in [0.717, 1.165) is 16.2 Å². The molecule has 0 rings (SSSR count). The maximum Gasteiger partial charge on any atom is 0.0437 e. The first-order valence-corrected chi connectivity index (χ1v) is 3.79. The fourth-order valence-corrected chi connectivity index (χ4v) is 0.719. The lowest BCUT2D eigenvalue weighted by Gasteiger charge is -1.95. The molecule has 0 aromatic rings. The Morgan fingerprint density at radius 1 is 1.18 bits per heavy atom. The SMILES string of the molecule is C=C/C(C)=C/C(Cl)=C(/C)C=C. The summed E-state index contributed by atoms with van der Waals surface area (Å²) >= 11 is 5.89. The smallest absolute Gasteiger partial charge is 0.0437 e. The molecular formula is C10H13Cl. The summed E-state index contributed by atoms with van der Waals surface area (Å²) in [6.45, 7) is 11.1. The van der Waals surface area contributed by atoms with Crippen LogP contribution in [0, 0.1) is 0 Å². The lowest BCUT2D eigenvalue weighted by Crippen LogP contribution is -1.74. The average Bonchev–Trinajstić information content (AvgIpc) is 2.02. The molecule has 0 bridgehead atoms. The van der Waals surface area contributed by atoms with Crippen molar-refractivity contribution in [2.24, 2.45) is 0 Å². The van der Waals surface area contributed by atoms with Gasteiger partial charge in [-0.05, 0) is 25.5 Å². The molecule has 0 heterocycles. The van der Waals surface area contributed by atoms with Crippen LogP contribution in [0.5, 0.6) is 0 Å². The van der Waals surface area contributed by atoms with Crippen molar-refractivity contribution in [2.45, 2.75) is 13.8 Å². The quantitative estimate of drug-likeness (QED) is 0.562. The van der Waals surface area contributed by atoms with Crippen LogP contribution in [0.2, 0.25) is 0 Å². The highest BCUT2D eigenvalue weighted by molar-refractivity contribution is 6.31. The van der Waals surface area contributed by atoms with E-state index in [9.17, 15) is 0 Å². The molecule has 0 radical (unpaired) electrons. The van der Waals surface area contributed by atoms with Crippen LogP contribution >= 0.6 is 11.6 Å². The van der Waals surface area contributed by atoms with Gasteiger partial charge in [0.2, 0.25) is 0 Å². The van der Waals surface area contributed by atoms with Crippen molar-refractivity contribution >= 4 is 11.6 Å². The highest BCUT2D eigenvalue weighted by atomic mass is 35.5. The molecule has 60 valence electrons. The molecule has 0 unspecified atom stereocenters. The van der Waals surface area contributed by atoms with Crippen molar-refractivity contribution in [3.8, 4) is 0 Å². The minimum atomic E-state index is 0.720. The Kier molecular flexibility index (Phi) is 4.64. The van der Waals surface area contributed by atoms with Crippen LogP contribution in [0.25, 0.3) is 0 Å². The number of hydrogen-bond donors (Lipinski definition) is 0. The summed E-state index contributed by atoms with van der Waals surface area (Å²) in [6.07, 6.45) is 5.36. The third kappa shape index (κ3) is 3.84. The second-order valence-electron chi connectivity index (χ2n) is 2.33. The highest BCUT2D eigenvalue weighted by Gasteiger charge is 1.90. The van der Waals surface area contributed by atoms with E-state index in [1.165, 1.54) is 0 Å². The summed E-state index contributed by atoms with van der Waals surface area (Å²) in [5, 5.41) is 0.720. The van der Waals surface area contributed by atoms with Crippen LogP contribution in [0.1, 0.15) is 13.8 Å². The van der Waals surface area contributed by atoms with Crippen LogP contribution in [0.3, 0.4) is 0 Å². The predicted molar refractivity (Wildman–Crippen MR) is 52.7 cm³/mol. The zero-order valence-electron chi connectivity index (χ0n) is 7.02. The lowest BCUT2D eigenvalue weighted by molar-refractivity contribution is 1.46. The molecule has 0 amide bonds. The van der Waals surface area contributed by atoms with Gasteiger partial charge in [0.1, 0.15) is 0 Å². The Bertz CT molecular complexity index is 219. The van der Waals surface area contributed by atoms with Crippen LogP contribution in [-0.2, 0) is 0 Å². The maximum atomic E-state index is 5.89. The van der Waals surface area contributed by atoms with E-state index < -0.39 is 0 Å². The fourth-order valence-electron chi connectivity index (χ4n) is 0.470. The van der Waals surface area contributed by atoms with Crippen molar-refractivity contribution < 1.29 is 0 Å². The largest absolute Gasteiger partial charge is 0.0988 e. The van der Waals surface area contributed by atoms with E-state index in [2.05, 4.69) is 13.2 Å². The Balaban J connectivity index is 4.62. The van der Waals surface area contributed by atoms with E-state index >= 15 is 0 Å². The van der Waals surface area contributed by atoms with Crippen molar-refractivity contribution in [1.29, 1.82) is 0 Å². The number of hydrogen-bond acceptors (Lipinski definition) is 0. The fraction of sp³-hybridized carbons (Fsp3) is 0.200. The third-order valence-electron chi connectivity index (χ3n) is 1.36. The first-order chi connectivity index (χ1) is 5.11. The Morgan fingerprint density at radius 2 is 1.73 bits per heavy atom. The number of halogens is 1. The molecule has 0 N–H and O–H groups in total. The summed E-state index contributed by atoms with van der Waals surface area (Å²) in [5.74, 6) is 0. The number of rotatable bonds is 3. The standard InChI is InChI=1S/C10H13Cl/c1-5-8(3)7-10(11)9(4)6-2/h5-7H,1-2H2,3-4H3/b8-7+,10-9+. The van der Waals surface area contributed by atoms with Gasteiger partial charge in [-0.15, -0.1) is 0 Å². The normalized spacial score (nSPS) is 13.9. The Labute approximate surface area is 73.6 Å². The van der Waals surface area contributed by atoms with Crippen LogP contribution in [0.4, 0.5) is 0 Å². The van der Waals surface area contributed by atoms with E-state index in [4.69, 9.17) is 11.6 Å². The summed E-state index contributed by atoms with van der Waals surface area (Å²) in [4.78, 5) is 0. The molecule has 11 heavy (non-hydrogen) atoms. The van der Waals surface area contributed by atoms with E-state index in [0.29, 0.717) is 0 Å². The molecule has 0 saturated heterocycles. The van der Waals surface area contributed by atoms with Gasteiger partial charge in [0.25, 0.3) is 0 Å². The molecule has 0 saturated carbocycles. The van der Waals surface area contributed by atoms with Gasteiger partial charge >= 0.3 is 0 Å². The Morgan fingerprint density at radius 3 is 2.09 bits per heavy atom. The van der Waals surface area contributed by atoms with E-state index in [1.807, 2.05) is 19.9 Å². The minimum Gasteiger partial charge on any atom is -0.0988 e. The molecule has 0 fully saturated rings. The van der Waals surface area contributed by atoms with Gasteiger partial charge in [0, 0.05) is 5.03 Å². The van der Waals surface area contributed by atoms with E-state index in [-0.39, 0.29) is 0 Å². The first-order valence-electron chi connectivity index (χ1n) is 3.41. The summed E-state index contributed by atoms with van der Waals surface area (Å²) in [7, 11) is 0. The lowest BCUT2D eigenvalue weighted by atomic mass is 10.2. The van der Waals surface area contributed by atoms with Crippen LogP contribution in [-0.4, -0.2) is 0 Å². The molecule has 0 aliphatic carbocycles. The molecule has 0 spiro atoms. The van der Waals surface area contributed by atoms with Gasteiger partial charge in [-0.25, -0.2) is 0 Å². The van der Waals surface area contributed by atoms with Gasteiger partial charge in [0.15, 0.2) is 0 Å². The molecule has 0 aromatic heterocycles. The second-order valence-corrected chi connectivity index (χ2v) is 2.73. The van der Waals surface area contributed by atoms with Crippen molar-refractivity contribution in [3.63, 3.8) is 0 Å². The molecule has 0 atom stereocenters. The minimum absolute atomic E-state index is 0.720. The maximum absolute atomic E-state index is 5.89. The topological polar surface area (TPSA) is 0 Å².